The summed E-state index contributed by atoms with van der Waals surface area (Å²) in [4.78, 5) is 21.4. The highest BCUT2D eigenvalue weighted by molar-refractivity contribution is 5.73. The standard InChI is InChI=1S/C12H20O11/c1-3(14)9(5(16)4(15)2-13)22-12-8(19)6(17)7(18)10(23-12)11(20)21/h2-10,12,14-19H,1H3,(H,20,21)/t3-,4-,5-,6-,7-,8+,9-,10-,12+/m0/s1. The third kappa shape index (κ3) is 4.43. The van der Waals surface area contributed by atoms with Gasteiger partial charge in [-0.2, -0.15) is 0 Å². The van der Waals surface area contributed by atoms with E-state index in [0.717, 1.165) is 6.92 Å². The van der Waals surface area contributed by atoms with Crippen LogP contribution in [0.5, 0.6) is 0 Å². The van der Waals surface area contributed by atoms with Crippen LogP contribution in [-0.4, -0.2) is 103 Å². The molecule has 11 heteroatoms. The van der Waals surface area contributed by atoms with E-state index in [0.29, 0.717) is 0 Å². The number of carbonyl (C=O) groups is 2. The van der Waals surface area contributed by atoms with Gasteiger partial charge in [0.25, 0.3) is 0 Å². The van der Waals surface area contributed by atoms with Gasteiger partial charge in [-0.3, -0.25) is 0 Å². The van der Waals surface area contributed by atoms with Crippen LogP contribution in [-0.2, 0) is 19.1 Å². The Balaban J connectivity index is 2.93. The third-order valence-corrected chi connectivity index (χ3v) is 3.41. The van der Waals surface area contributed by atoms with E-state index in [1.807, 2.05) is 0 Å². The summed E-state index contributed by atoms with van der Waals surface area (Å²) in [5.74, 6) is -1.64. The lowest BCUT2D eigenvalue weighted by atomic mass is 9.98. The number of aliphatic hydroxyl groups is 6. The molecule has 1 aliphatic rings. The molecule has 0 amide bonds. The molecule has 1 heterocycles. The van der Waals surface area contributed by atoms with Crippen LogP contribution >= 0.6 is 0 Å². The summed E-state index contributed by atoms with van der Waals surface area (Å²) in [6, 6.07) is 0. The van der Waals surface area contributed by atoms with Crippen molar-refractivity contribution in [3.05, 3.63) is 0 Å². The third-order valence-electron chi connectivity index (χ3n) is 3.41. The van der Waals surface area contributed by atoms with Crippen molar-refractivity contribution in [2.75, 3.05) is 0 Å². The molecule has 0 unspecified atom stereocenters. The van der Waals surface area contributed by atoms with Gasteiger partial charge in [0.15, 0.2) is 18.7 Å². The van der Waals surface area contributed by atoms with Crippen molar-refractivity contribution in [3.8, 4) is 0 Å². The van der Waals surface area contributed by atoms with Gasteiger partial charge in [-0.25, -0.2) is 4.79 Å². The average Bonchev–Trinajstić information content (AvgIpc) is 2.49. The van der Waals surface area contributed by atoms with Crippen LogP contribution in [0.15, 0.2) is 0 Å². The summed E-state index contributed by atoms with van der Waals surface area (Å²) < 4.78 is 9.84. The molecule has 0 aromatic heterocycles. The molecule has 0 aromatic carbocycles. The molecule has 0 bridgehead atoms. The monoisotopic (exact) mass is 340 g/mol. The zero-order valence-electron chi connectivity index (χ0n) is 12.0. The lowest BCUT2D eigenvalue weighted by molar-refractivity contribution is -0.318. The van der Waals surface area contributed by atoms with E-state index >= 15 is 0 Å². The minimum absolute atomic E-state index is 0.0137. The highest BCUT2D eigenvalue weighted by atomic mass is 16.7. The number of carboxylic acid groups (broad SMARTS) is 1. The number of hydrogen-bond acceptors (Lipinski definition) is 10. The molecule has 0 spiro atoms. The van der Waals surface area contributed by atoms with E-state index in [4.69, 9.17) is 14.6 Å². The molecule has 0 aromatic rings. The first-order chi connectivity index (χ1) is 10.6. The molecule has 1 saturated heterocycles. The fourth-order valence-corrected chi connectivity index (χ4v) is 2.07. The summed E-state index contributed by atoms with van der Waals surface area (Å²) in [6.45, 7) is 1.14. The molecule has 1 aliphatic heterocycles. The summed E-state index contributed by atoms with van der Waals surface area (Å²) >= 11 is 0. The summed E-state index contributed by atoms with van der Waals surface area (Å²) in [6.07, 6.45) is -16.5. The van der Waals surface area contributed by atoms with Crippen molar-refractivity contribution < 1.29 is 54.8 Å². The van der Waals surface area contributed by atoms with Crippen molar-refractivity contribution in [1.82, 2.24) is 0 Å². The SMILES string of the molecule is C[C@H](O)[C@H](O[C@@H]1O[C@H](C(=O)O)[C@@H](O)[C@H](O)[C@H]1O)[C@@H](O)[C@@H](O)C=O. The fraction of sp³-hybridized carbons (Fsp3) is 0.833. The first-order valence-electron chi connectivity index (χ1n) is 6.69. The molecule has 7 N–H and O–H groups in total. The normalized spacial score (nSPS) is 36.7. The number of aliphatic hydroxyl groups excluding tert-OH is 6. The summed E-state index contributed by atoms with van der Waals surface area (Å²) in [5.41, 5.74) is 0. The second-order valence-electron chi connectivity index (χ2n) is 5.19. The highest BCUT2D eigenvalue weighted by Crippen LogP contribution is 2.25. The maximum absolute atomic E-state index is 11.0. The molecule has 0 radical (unpaired) electrons. The van der Waals surface area contributed by atoms with Crippen LogP contribution in [0, 0.1) is 0 Å². The van der Waals surface area contributed by atoms with Gasteiger partial charge in [0.2, 0.25) is 0 Å². The lowest BCUT2D eigenvalue weighted by Crippen LogP contribution is -2.62. The molecule has 11 nitrogen and oxygen atoms in total. The van der Waals surface area contributed by atoms with Crippen LogP contribution in [0.2, 0.25) is 0 Å². The summed E-state index contributed by atoms with van der Waals surface area (Å²) in [5, 5.41) is 66.4. The van der Waals surface area contributed by atoms with E-state index in [9.17, 15) is 40.2 Å². The number of rotatable bonds is 7. The van der Waals surface area contributed by atoms with E-state index in [2.05, 4.69) is 0 Å². The second-order valence-corrected chi connectivity index (χ2v) is 5.19. The summed E-state index contributed by atoms with van der Waals surface area (Å²) in [7, 11) is 0. The van der Waals surface area contributed by atoms with Crippen molar-refractivity contribution in [1.29, 1.82) is 0 Å². The maximum Gasteiger partial charge on any atom is 0.335 e. The Kier molecular flexibility index (Phi) is 6.98. The number of aldehydes is 1. The van der Waals surface area contributed by atoms with Crippen LogP contribution < -0.4 is 0 Å². The Labute approximate surface area is 130 Å². The largest absolute Gasteiger partial charge is 0.479 e. The lowest BCUT2D eigenvalue weighted by Gasteiger charge is -2.41. The Morgan fingerprint density at radius 3 is 2.13 bits per heavy atom. The molecule has 134 valence electrons. The number of hydrogen-bond donors (Lipinski definition) is 7. The van der Waals surface area contributed by atoms with E-state index in [-0.39, 0.29) is 6.29 Å². The second kappa shape index (κ2) is 8.08. The van der Waals surface area contributed by atoms with Crippen LogP contribution in [0.1, 0.15) is 6.92 Å². The van der Waals surface area contributed by atoms with Gasteiger partial charge < -0.3 is 50.0 Å². The zero-order chi connectivity index (χ0) is 17.9. The van der Waals surface area contributed by atoms with Gasteiger partial charge in [-0.05, 0) is 6.92 Å². The van der Waals surface area contributed by atoms with Gasteiger partial charge in [0.1, 0.15) is 36.6 Å². The maximum atomic E-state index is 11.0. The van der Waals surface area contributed by atoms with Gasteiger partial charge >= 0.3 is 5.97 Å². The Bertz CT molecular complexity index is 414. The van der Waals surface area contributed by atoms with Crippen molar-refractivity contribution in [2.45, 2.75) is 62.0 Å². The van der Waals surface area contributed by atoms with Crippen LogP contribution in [0.3, 0.4) is 0 Å². The van der Waals surface area contributed by atoms with E-state index in [1.165, 1.54) is 0 Å². The molecular formula is C12H20O11. The number of ether oxygens (including phenoxy) is 2. The smallest absolute Gasteiger partial charge is 0.335 e. The van der Waals surface area contributed by atoms with Gasteiger partial charge in [0.05, 0.1) is 6.10 Å². The van der Waals surface area contributed by atoms with Crippen LogP contribution in [0.4, 0.5) is 0 Å². The Morgan fingerprint density at radius 1 is 1.13 bits per heavy atom. The molecule has 0 aliphatic carbocycles. The Morgan fingerprint density at radius 2 is 1.70 bits per heavy atom. The molecular weight excluding hydrogens is 320 g/mol. The zero-order valence-corrected chi connectivity index (χ0v) is 12.0. The Hall–Kier alpha value is -1.18. The molecule has 1 rings (SSSR count). The first-order valence-corrected chi connectivity index (χ1v) is 6.69. The fourth-order valence-electron chi connectivity index (χ4n) is 2.07. The van der Waals surface area contributed by atoms with E-state index in [1.54, 1.807) is 0 Å². The topological polar surface area (TPSA) is 194 Å². The molecule has 0 saturated carbocycles. The first kappa shape index (κ1) is 19.9. The van der Waals surface area contributed by atoms with E-state index < -0.39 is 61.1 Å². The predicted molar refractivity (Wildman–Crippen MR) is 68.9 cm³/mol. The molecule has 1 fully saturated rings. The van der Waals surface area contributed by atoms with Crippen molar-refractivity contribution in [2.24, 2.45) is 0 Å². The van der Waals surface area contributed by atoms with Crippen molar-refractivity contribution >= 4 is 12.3 Å². The quantitative estimate of drug-likeness (QED) is 0.221. The van der Waals surface area contributed by atoms with Crippen LogP contribution in [0.25, 0.3) is 0 Å². The number of carboxylic acids is 1. The average molecular weight is 340 g/mol. The highest BCUT2D eigenvalue weighted by Gasteiger charge is 2.49. The number of carbonyl (C=O) groups excluding carboxylic acids is 1. The predicted octanol–water partition coefficient (Wildman–Crippen LogP) is -4.43. The van der Waals surface area contributed by atoms with Crippen molar-refractivity contribution in [3.63, 3.8) is 0 Å². The van der Waals surface area contributed by atoms with Gasteiger partial charge in [-0.1, -0.05) is 0 Å². The molecule has 23 heavy (non-hydrogen) atoms. The minimum Gasteiger partial charge on any atom is -0.479 e. The van der Waals surface area contributed by atoms with Gasteiger partial charge in [0, 0.05) is 0 Å². The number of aliphatic carboxylic acids is 1. The molecule has 9 atom stereocenters. The van der Waals surface area contributed by atoms with Gasteiger partial charge in [-0.15, -0.1) is 0 Å². The minimum atomic E-state index is -1.93.